The van der Waals surface area contributed by atoms with Crippen LogP contribution in [0.5, 0.6) is 0 Å². The number of rotatable bonds is 6. The Hall–Kier alpha value is -1.15. The fourth-order valence-electron chi connectivity index (χ4n) is 1.94. The number of aliphatic hydroxyl groups excluding tert-OH is 1. The third kappa shape index (κ3) is 3.17. The van der Waals surface area contributed by atoms with Crippen molar-refractivity contribution in [1.29, 1.82) is 0 Å². The Morgan fingerprint density at radius 2 is 1.88 bits per heavy atom. The maximum atomic E-state index is 11.8. The van der Waals surface area contributed by atoms with Gasteiger partial charge in [0.15, 0.2) is 0 Å². The summed E-state index contributed by atoms with van der Waals surface area (Å²) in [5, 5.41) is 10.2. The standard InChI is InChI=1S/C14H20O2/c1-3-8-13(15)12(4-2)14(16)11-9-6-5-7-10-11/h5-7,9-10,12,14,16H,3-4,8H2,1-2H3/t12-,14+/m1/s1. The predicted octanol–water partition coefficient (Wildman–Crippen LogP) is 3.12. The van der Waals surface area contributed by atoms with Gasteiger partial charge in [0.05, 0.1) is 6.10 Å². The van der Waals surface area contributed by atoms with Crippen LogP contribution < -0.4 is 0 Å². The summed E-state index contributed by atoms with van der Waals surface area (Å²) in [7, 11) is 0. The number of hydrogen-bond acceptors (Lipinski definition) is 2. The zero-order chi connectivity index (χ0) is 12.0. The van der Waals surface area contributed by atoms with Crippen LogP contribution in [-0.4, -0.2) is 10.9 Å². The molecule has 0 aromatic heterocycles. The third-order valence-corrected chi connectivity index (χ3v) is 2.87. The molecule has 0 bridgehead atoms. The Labute approximate surface area is 97.3 Å². The molecule has 0 aliphatic heterocycles. The van der Waals surface area contributed by atoms with E-state index >= 15 is 0 Å². The van der Waals surface area contributed by atoms with E-state index in [1.807, 2.05) is 44.2 Å². The molecule has 0 saturated heterocycles. The normalized spacial score (nSPS) is 14.4. The Kier molecular flexibility index (Phi) is 5.20. The van der Waals surface area contributed by atoms with Crippen LogP contribution >= 0.6 is 0 Å². The number of ketones is 1. The average molecular weight is 220 g/mol. The summed E-state index contributed by atoms with van der Waals surface area (Å²) in [5.74, 6) is -0.0938. The summed E-state index contributed by atoms with van der Waals surface area (Å²) in [5.41, 5.74) is 0.832. The van der Waals surface area contributed by atoms with E-state index in [2.05, 4.69) is 0 Å². The Morgan fingerprint density at radius 3 is 2.38 bits per heavy atom. The molecule has 0 unspecified atom stereocenters. The molecule has 0 spiro atoms. The molecule has 2 atom stereocenters. The van der Waals surface area contributed by atoms with Gasteiger partial charge in [-0.2, -0.15) is 0 Å². The fraction of sp³-hybridized carbons (Fsp3) is 0.500. The number of Topliss-reactive ketones (excluding diaryl/α,β-unsaturated/α-hetero) is 1. The maximum Gasteiger partial charge on any atom is 0.138 e. The summed E-state index contributed by atoms with van der Waals surface area (Å²) >= 11 is 0. The third-order valence-electron chi connectivity index (χ3n) is 2.87. The van der Waals surface area contributed by atoms with Gasteiger partial charge in [-0.15, -0.1) is 0 Å². The fourth-order valence-corrected chi connectivity index (χ4v) is 1.94. The second-order valence-electron chi connectivity index (χ2n) is 4.09. The lowest BCUT2D eigenvalue weighted by Gasteiger charge is -2.20. The van der Waals surface area contributed by atoms with Crippen molar-refractivity contribution in [2.45, 2.75) is 39.2 Å². The minimum absolute atomic E-state index is 0.168. The molecule has 88 valence electrons. The lowest BCUT2D eigenvalue weighted by Crippen LogP contribution is -2.21. The number of carbonyl (C=O) groups excluding carboxylic acids is 1. The van der Waals surface area contributed by atoms with Crippen molar-refractivity contribution in [1.82, 2.24) is 0 Å². The van der Waals surface area contributed by atoms with Gasteiger partial charge in [-0.05, 0) is 18.4 Å². The maximum absolute atomic E-state index is 11.8. The first-order valence-corrected chi connectivity index (χ1v) is 5.96. The van der Waals surface area contributed by atoms with Gasteiger partial charge in [0.25, 0.3) is 0 Å². The van der Waals surface area contributed by atoms with Gasteiger partial charge < -0.3 is 5.11 Å². The summed E-state index contributed by atoms with van der Waals surface area (Å²) in [6.07, 6.45) is 1.43. The number of carbonyl (C=O) groups is 1. The molecule has 0 aliphatic rings. The van der Waals surface area contributed by atoms with Crippen molar-refractivity contribution in [2.24, 2.45) is 5.92 Å². The van der Waals surface area contributed by atoms with Gasteiger partial charge >= 0.3 is 0 Å². The molecule has 1 rings (SSSR count). The molecule has 1 N–H and O–H groups in total. The lowest BCUT2D eigenvalue weighted by atomic mass is 9.88. The van der Waals surface area contributed by atoms with Gasteiger partial charge in [0.2, 0.25) is 0 Å². The van der Waals surface area contributed by atoms with Gasteiger partial charge in [0.1, 0.15) is 5.78 Å². The van der Waals surface area contributed by atoms with Crippen molar-refractivity contribution < 1.29 is 9.90 Å². The SMILES string of the molecule is CCCC(=O)[C@@H](CC)[C@@H](O)c1ccccc1. The zero-order valence-corrected chi connectivity index (χ0v) is 10.0. The predicted molar refractivity (Wildman–Crippen MR) is 65.1 cm³/mol. The van der Waals surface area contributed by atoms with Crippen LogP contribution in [0.3, 0.4) is 0 Å². The molecule has 2 nitrogen and oxygen atoms in total. The summed E-state index contributed by atoms with van der Waals surface area (Å²) in [4.78, 5) is 11.8. The quantitative estimate of drug-likeness (QED) is 0.799. The average Bonchev–Trinajstić information content (AvgIpc) is 2.31. The first-order valence-electron chi connectivity index (χ1n) is 5.96. The van der Waals surface area contributed by atoms with E-state index in [9.17, 15) is 9.90 Å². The van der Waals surface area contributed by atoms with E-state index in [1.165, 1.54) is 0 Å². The highest BCUT2D eigenvalue weighted by Crippen LogP contribution is 2.26. The van der Waals surface area contributed by atoms with Gasteiger partial charge in [-0.25, -0.2) is 0 Å². The van der Waals surface area contributed by atoms with Gasteiger partial charge in [0, 0.05) is 12.3 Å². The first-order chi connectivity index (χ1) is 7.70. The molecule has 0 fully saturated rings. The van der Waals surface area contributed by atoms with E-state index in [1.54, 1.807) is 0 Å². The Bertz CT molecular complexity index is 319. The van der Waals surface area contributed by atoms with Crippen LogP contribution in [0.4, 0.5) is 0 Å². The molecule has 0 amide bonds. The molecule has 2 heteroatoms. The molecule has 0 radical (unpaired) electrons. The molecule has 0 saturated carbocycles. The summed E-state index contributed by atoms with van der Waals surface area (Å²) in [6, 6.07) is 9.41. The zero-order valence-electron chi connectivity index (χ0n) is 10.0. The lowest BCUT2D eigenvalue weighted by molar-refractivity contribution is -0.126. The van der Waals surface area contributed by atoms with Gasteiger partial charge in [-0.3, -0.25) is 4.79 Å². The second-order valence-corrected chi connectivity index (χ2v) is 4.09. The highest BCUT2D eigenvalue weighted by atomic mass is 16.3. The van der Waals surface area contributed by atoms with Crippen LogP contribution in [0, 0.1) is 5.92 Å². The van der Waals surface area contributed by atoms with E-state index in [0.717, 1.165) is 12.0 Å². The first kappa shape index (κ1) is 12.9. The monoisotopic (exact) mass is 220 g/mol. The molecule has 1 aromatic rings. The molecule has 0 heterocycles. The van der Waals surface area contributed by atoms with E-state index in [0.29, 0.717) is 12.8 Å². The van der Waals surface area contributed by atoms with Crippen LogP contribution in [0.15, 0.2) is 30.3 Å². The second kappa shape index (κ2) is 6.44. The van der Waals surface area contributed by atoms with E-state index in [4.69, 9.17) is 0 Å². The van der Waals surface area contributed by atoms with Crippen LogP contribution in [0.2, 0.25) is 0 Å². The van der Waals surface area contributed by atoms with Crippen molar-refractivity contribution in [2.75, 3.05) is 0 Å². The topological polar surface area (TPSA) is 37.3 Å². The summed E-state index contributed by atoms with van der Waals surface area (Å²) in [6.45, 7) is 3.93. The molecule has 0 aliphatic carbocycles. The number of aliphatic hydroxyl groups is 1. The van der Waals surface area contributed by atoms with Crippen LogP contribution in [-0.2, 0) is 4.79 Å². The van der Waals surface area contributed by atoms with Crippen LogP contribution in [0.1, 0.15) is 44.8 Å². The van der Waals surface area contributed by atoms with Crippen molar-refractivity contribution in [3.8, 4) is 0 Å². The van der Waals surface area contributed by atoms with E-state index in [-0.39, 0.29) is 11.7 Å². The largest absolute Gasteiger partial charge is 0.388 e. The van der Waals surface area contributed by atoms with Crippen molar-refractivity contribution in [3.05, 3.63) is 35.9 Å². The Morgan fingerprint density at radius 1 is 1.25 bits per heavy atom. The minimum atomic E-state index is -0.662. The number of hydrogen-bond donors (Lipinski definition) is 1. The minimum Gasteiger partial charge on any atom is -0.388 e. The highest BCUT2D eigenvalue weighted by Gasteiger charge is 2.25. The Balaban J connectivity index is 2.77. The van der Waals surface area contributed by atoms with E-state index < -0.39 is 6.10 Å². The highest BCUT2D eigenvalue weighted by molar-refractivity contribution is 5.81. The number of benzene rings is 1. The van der Waals surface area contributed by atoms with Gasteiger partial charge in [-0.1, -0.05) is 44.2 Å². The molecular formula is C14H20O2. The molecular weight excluding hydrogens is 200 g/mol. The van der Waals surface area contributed by atoms with Crippen molar-refractivity contribution in [3.63, 3.8) is 0 Å². The summed E-state index contributed by atoms with van der Waals surface area (Å²) < 4.78 is 0. The van der Waals surface area contributed by atoms with Crippen molar-refractivity contribution >= 4 is 5.78 Å². The molecule has 16 heavy (non-hydrogen) atoms. The molecule has 1 aromatic carbocycles. The van der Waals surface area contributed by atoms with Crippen LogP contribution in [0.25, 0.3) is 0 Å². The smallest absolute Gasteiger partial charge is 0.138 e.